The minimum Gasteiger partial charge on any atom is -0.465 e. The molecule has 0 unspecified atom stereocenters. The van der Waals surface area contributed by atoms with Crippen LogP contribution in [0.15, 0.2) is 18.3 Å². The second-order valence-corrected chi connectivity index (χ2v) is 3.58. The lowest BCUT2D eigenvalue weighted by atomic mass is 10.1. The molecule has 0 atom stereocenters. The maximum atomic E-state index is 11.1. The predicted molar refractivity (Wildman–Crippen MR) is 50.7 cm³/mol. The molecule has 1 heterocycles. The molecule has 1 aliphatic rings. The van der Waals surface area contributed by atoms with E-state index in [-0.39, 0.29) is 11.5 Å². The Labute approximate surface area is 82.1 Å². The number of pyridine rings is 1. The zero-order valence-electron chi connectivity index (χ0n) is 7.99. The molecule has 2 N–H and O–H groups in total. The monoisotopic (exact) mass is 192 g/mol. The summed E-state index contributed by atoms with van der Waals surface area (Å²) in [6, 6.07) is 3.49. The number of nitrogens with zero attached hydrogens (tertiary/aromatic N) is 1. The summed E-state index contributed by atoms with van der Waals surface area (Å²) in [6.07, 6.45) is 3.45. The van der Waals surface area contributed by atoms with Crippen LogP contribution in [0.25, 0.3) is 0 Å². The Morgan fingerprint density at radius 2 is 2.29 bits per heavy atom. The molecule has 1 aromatic rings. The topological polar surface area (TPSA) is 65.2 Å². The average Bonchev–Trinajstić information content (AvgIpc) is 2.97. The van der Waals surface area contributed by atoms with Gasteiger partial charge in [-0.15, -0.1) is 0 Å². The molecule has 1 saturated carbocycles. The number of nitrogens with two attached hydrogens (primary N) is 1. The second-order valence-electron chi connectivity index (χ2n) is 3.58. The van der Waals surface area contributed by atoms with Crippen molar-refractivity contribution in [1.29, 1.82) is 0 Å². The zero-order chi connectivity index (χ0) is 10.2. The first-order valence-electron chi connectivity index (χ1n) is 4.49. The Morgan fingerprint density at radius 3 is 2.71 bits per heavy atom. The summed E-state index contributed by atoms with van der Waals surface area (Å²) < 4.78 is 4.57. The third-order valence-corrected chi connectivity index (χ3v) is 2.48. The van der Waals surface area contributed by atoms with Gasteiger partial charge in [-0.3, -0.25) is 4.98 Å². The number of carbonyl (C=O) groups is 1. The Bertz CT molecular complexity index is 355. The molecule has 0 aliphatic heterocycles. The van der Waals surface area contributed by atoms with Crippen molar-refractivity contribution in [2.45, 2.75) is 18.4 Å². The van der Waals surface area contributed by atoms with Crippen molar-refractivity contribution in [3.8, 4) is 0 Å². The van der Waals surface area contributed by atoms with Crippen LogP contribution in [0.1, 0.15) is 28.9 Å². The standard InChI is InChI=1S/C10H12N2O2/c1-14-9(13)7-2-3-8(12-6-7)10(11)4-5-10/h2-3,6H,4-5,11H2,1H3. The van der Waals surface area contributed by atoms with Gasteiger partial charge >= 0.3 is 5.97 Å². The van der Waals surface area contributed by atoms with E-state index in [4.69, 9.17) is 5.73 Å². The van der Waals surface area contributed by atoms with Crippen LogP contribution in [-0.4, -0.2) is 18.1 Å². The first-order chi connectivity index (χ1) is 6.65. The molecule has 0 bridgehead atoms. The van der Waals surface area contributed by atoms with Crippen LogP contribution < -0.4 is 5.73 Å². The molecule has 1 fully saturated rings. The van der Waals surface area contributed by atoms with E-state index in [1.165, 1.54) is 13.3 Å². The largest absolute Gasteiger partial charge is 0.465 e. The maximum absolute atomic E-state index is 11.1. The van der Waals surface area contributed by atoms with Gasteiger partial charge in [0.05, 0.1) is 23.9 Å². The van der Waals surface area contributed by atoms with Crippen molar-refractivity contribution >= 4 is 5.97 Å². The van der Waals surface area contributed by atoms with Crippen LogP contribution in [0.5, 0.6) is 0 Å². The molecule has 0 amide bonds. The fourth-order valence-corrected chi connectivity index (χ4v) is 1.32. The number of hydrogen-bond acceptors (Lipinski definition) is 4. The molecule has 0 saturated heterocycles. The van der Waals surface area contributed by atoms with Gasteiger partial charge in [-0.05, 0) is 25.0 Å². The Hall–Kier alpha value is -1.42. The first-order valence-corrected chi connectivity index (χ1v) is 4.49. The quantitative estimate of drug-likeness (QED) is 0.704. The molecule has 14 heavy (non-hydrogen) atoms. The molecule has 4 nitrogen and oxygen atoms in total. The maximum Gasteiger partial charge on any atom is 0.339 e. The van der Waals surface area contributed by atoms with Crippen LogP contribution in [0.4, 0.5) is 0 Å². The lowest BCUT2D eigenvalue weighted by Gasteiger charge is -2.07. The van der Waals surface area contributed by atoms with Crippen molar-refractivity contribution in [1.82, 2.24) is 4.98 Å². The lowest BCUT2D eigenvalue weighted by Crippen LogP contribution is -2.20. The van der Waals surface area contributed by atoms with E-state index in [0.29, 0.717) is 5.56 Å². The van der Waals surface area contributed by atoms with E-state index in [0.717, 1.165) is 18.5 Å². The Morgan fingerprint density at radius 1 is 1.57 bits per heavy atom. The third kappa shape index (κ3) is 1.48. The summed E-state index contributed by atoms with van der Waals surface area (Å²) in [5, 5.41) is 0. The van der Waals surface area contributed by atoms with Gasteiger partial charge in [0, 0.05) is 6.20 Å². The number of methoxy groups -OCH3 is 1. The molecule has 2 rings (SSSR count). The Balaban J connectivity index is 2.22. The molecule has 0 aromatic carbocycles. The molecule has 1 aliphatic carbocycles. The van der Waals surface area contributed by atoms with Crippen LogP contribution in [0.3, 0.4) is 0 Å². The van der Waals surface area contributed by atoms with Gasteiger partial charge in [0.15, 0.2) is 0 Å². The van der Waals surface area contributed by atoms with E-state index >= 15 is 0 Å². The van der Waals surface area contributed by atoms with E-state index in [2.05, 4.69) is 9.72 Å². The van der Waals surface area contributed by atoms with E-state index in [1.807, 2.05) is 0 Å². The summed E-state index contributed by atoms with van der Waals surface area (Å²) in [5.41, 5.74) is 7.02. The number of rotatable bonds is 2. The van der Waals surface area contributed by atoms with Gasteiger partial charge < -0.3 is 10.5 Å². The van der Waals surface area contributed by atoms with Gasteiger partial charge in [-0.2, -0.15) is 0 Å². The van der Waals surface area contributed by atoms with Gasteiger partial charge in [0.2, 0.25) is 0 Å². The first kappa shape index (κ1) is 9.15. The minimum atomic E-state index is -0.370. The normalized spacial score (nSPS) is 17.6. The van der Waals surface area contributed by atoms with Gasteiger partial charge in [0.1, 0.15) is 0 Å². The highest BCUT2D eigenvalue weighted by molar-refractivity contribution is 5.88. The van der Waals surface area contributed by atoms with Crippen molar-refractivity contribution < 1.29 is 9.53 Å². The lowest BCUT2D eigenvalue weighted by molar-refractivity contribution is 0.0600. The van der Waals surface area contributed by atoms with Crippen molar-refractivity contribution in [3.63, 3.8) is 0 Å². The van der Waals surface area contributed by atoms with Gasteiger partial charge in [-0.1, -0.05) is 0 Å². The highest BCUT2D eigenvalue weighted by atomic mass is 16.5. The summed E-state index contributed by atoms with van der Waals surface area (Å²) in [6.45, 7) is 0. The van der Waals surface area contributed by atoms with Gasteiger partial charge in [0.25, 0.3) is 0 Å². The third-order valence-electron chi connectivity index (χ3n) is 2.48. The molecular weight excluding hydrogens is 180 g/mol. The second kappa shape index (κ2) is 3.06. The zero-order valence-corrected chi connectivity index (χ0v) is 7.99. The molecule has 4 heteroatoms. The highest BCUT2D eigenvalue weighted by Crippen LogP contribution is 2.41. The number of aromatic nitrogens is 1. The summed E-state index contributed by atoms with van der Waals surface area (Å²) in [7, 11) is 1.35. The number of esters is 1. The van der Waals surface area contributed by atoms with Crippen molar-refractivity contribution in [3.05, 3.63) is 29.6 Å². The average molecular weight is 192 g/mol. The molecule has 0 radical (unpaired) electrons. The molecule has 1 aromatic heterocycles. The van der Waals surface area contributed by atoms with Crippen molar-refractivity contribution in [2.24, 2.45) is 5.73 Å². The van der Waals surface area contributed by atoms with Gasteiger partial charge in [-0.25, -0.2) is 4.79 Å². The number of ether oxygens (including phenoxy) is 1. The smallest absolute Gasteiger partial charge is 0.339 e. The summed E-state index contributed by atoms with van der Waals surface area (Å²) in [4.78, 5) is 15.3. The summed E-state index contributed by atoms with van der Waals surface area (Å²) in [5.74, 6) is -0.370. The highest BCUT2D eigenvalue weighted by Gasteiger charge is 2.41. The van der Waals surface area contributed by atoms with Crippen LogP contribution in [0.2, 0.25) is 0 Å². The number of hydrogen-bond donors (Lipinski definition) is 1. The predicted octanol–water partition coefficient (Wildman–Crippen LogP) is 0.816. The fourth-order valence-electron chi connectivity index (χ4n) is 1.32. The minimum absolute atomic E-state index is 0.241. The molecular formula is C10H12N2O2. The number of carbonyl (C=O) groups excluding carboxylic acids is 1. The van der Waals surface area contributed by atoms with Crippen LogP contribution in [0, 0.1) is 0 Å². The van der Waals surface area contributed by atoms with Crippen LogP contribution in [-0.2, 0) is 10.3 Å². The van der Waals surface area contributed by atoms with E-state index < -0.39 is 0 Å². The summed E-state index contributed by atoms with van der Waals surface area (Å²) >= 11 is 0. The van der Waals surface area contributed by atoms with Crippen LogP contribution >= 0.6 is 0 Å². The van der Waals surface area contributed by atoms with E-state index in [1.54, 1.807) is 12.1 Å². The molecule has 74 valence electrons. The fraction of sp³-hybridized carbons (Fsp3) is 0.400. The molecule has 0 spiro atoms. The SMILES string of the molecule is COC(=O)c1ccc(C2(N)CC2)nc1. The van der Waals surface area contributed by atoms with E-state index in [9.17, 15) is 4.79 Å². The Kier molecular flexibility index (Phi) is 2.00. The van der Waals surface area contributed by atoms with Crippen molar-refractivity contribution in [2.75, 3.05) is 7.11 Å².